The lowest BCUT2D eigenvalue weighted by molar-refractivity contribution is 0.0433. The largest absolute Gasteiger partial charge is 0.485 e. The third kappa shape index (κ3) is 1.95. The van der Waals surface area contributed by atoms with Crippen LogP contribution in [0.4, 0.5) is 0 Å². The summed E-state index contributed by atoms with van der Waals surface area (Å²) in [5.41, 5.74) is 8.85. The summed E-state index contributed by atoms with van der Waals surface area (Å²) in [7, 11) is 0. The van der Waals surface area contributed by atoms with Crippen molar-refractivity contribution in [1.29, 1.82) is 0 Å². The van der Waals surface area contributed by atoms with Crippen LogP contribution >= 0.6 is 0 Å². The van der Waals surface area contributed by atoms with Crippen molar-refractivity contribution in [3.63, 3.8) is 0 Å². The lowest BCUT2D eigenvalue weighted by atomic mass is 9.85. The quantitative estimate of drug-likeness (QED) is 0.854. The van der Waals surface area contributed by atoms with Gasteiger partial charge in [-0.2, -0.15) is 0 Å². The Hall–Kier alpha value is -1.06. The van der Waals surface area contributed by atoms with Gasteiger partial charge in [0.05, 0.1) is 0 Å². The predicted molar refractivity (Wildman–Crippen MR) is 79.9 cm³/mol. The van der Waals surface area contributed by atoms with Crippen LogP contribution in [0.3, 0.4) is 0 Å². The minimum absolute atomic E-state index is 0.0519. The van der Waals surface area contributed by atoms with Gasteiger partial charge in [0.2, 0.25) is 0 Å². The molecule has 1 aliphatic carbocycles. The highest BCUT2D eigenvalue weighted by atomic mass is 16.5. The van der Waals surface area contributed by atoms with Crippen LogP contribution in [0.25, 0.3) is 0 Å². The maximum Gasteiger partial charge on any atom is 0.125 e. The van der Waals surface area contributed by atoms with Gasteiger partial charge in [-0.1, -0.05) is 17.7 Å². The van der Waals surface area contributed by atoms with Crippen LogP contribution in [-0.4, -0.2) is 29.1 Å². The number of aryl methyl sites for hydroxylation is 1. The Morgan fingerprint density at radius 2 is 2.10 bits per heavy atom. The van der Waals surface area contributed by atoms with Gasteiger partial charge in [-0.15, -0.1) is 0 Å². The Labute approximate surface area is 121 Å². The zero-order valence-electron chi connectivity index (χ0n) is 12.4. The molecule has 1 spiro atoms. The van der Waals surface area contributed by atoms with Gasteiger partial charge in [-0.05, 0) is 32.8 Å². The molecule has 3 atom stereocenters. The number of fused-ring (bicyclic) bond motifs is 1. The second-order valence-corrected chi connectivity index (χ2v) is 7.09. The maximum atomic E-state index is 6.46. The van der Waals surface area contributed by atoms with E-state index in [0.29, 0.717) is 6.04 Å². The van der Waals surface area contributed by atoms with Crippen LogP contribution < -0.4 is 10.5 Å². The first-order valence-electron chi connectivity index (χ1n) is 7.87. The molecule has 2 aliphatic heterocycles. The lowest BCUT2D eigenvalue weighted by Crippen LogP contribution is -2.45. The predicted octanol–water partition coefficient (Wildman–Crippen LogP) is 2.77. The Bertz CT molecular complexity index is 540. The SMILES string of the molecule is Cc1ccc2c(c1)C(N)CC1(CC(C)N(C3CC3)C1)O2. The molecule has 0 amide bonds. The molecule has 3 heteroatoms. The fourth-order valence-corrected chi connectivity index (χ4v) is 4.16. The smallest absolute Gasteiger partial charge is 0.125 e. The van der Waals surface area contributed by atoms with Crippen molar-refractivity contribution in [2.45, 2.75) is 63.3 Å². The first-order chi connectivity index (χ1) is 9.56. The second-order valence-electron chi connectivity index (χ2n) is 7.09. The van der Waals surface area contributed by atoms with Crippen molar-refractivity contribution in [3.05, 3.63) is 29.3 Å². The zero-order chi connectivity index (χ0) is 13.9. The molecule has 0 aromatic heterocycles. The molecular weight excluding hydrogens is 248 g/mol. The maximum absolute atomic E-state index is 6.46. The van der Waals surface area contributed by atoms with Crippen LogP contribution in [0.2, 0.25) is 0 Å². The Morgan fingerprint density at radius 3 is 2.85 bits per heavy atom. The van der Waals surface area contributed by atoms with E-state index in [4.69, 9.17) is 10.5 Å². The van der Waals surface area contributed by atoms with E-state index in [2.05, 4.69) is 36.9 Å². The van der Waals surface area contributed by atoms with Gasteiger partial charge < -0.3 is 10.5 Å². The first-order valence-corrected chi connectivity index (χ1v) is 7.87. The van der Waals surface area contributed by atoms with Crippen LogP contribution in [-0.2, 0) is 0 Å². The van der Waals surface area contributed by atoms with Gasteiger partial charge in [0, 0.05) is 43.1 Å². The first kappa shape index (κ1) is 12.7. The molecule has 20 heavy (non-hydrogen) atoms. The molecule has 108 valence electrons. The number of benzene rings is 1. The van der Waals surface area contributed by atoms with E-state index < -0.39 is 0 Å². The Morgan fingerprint density at radius 1 is 1.30 bits per heavy atom. The number of likely N-dealkylation sites (tertiary alicyclic amines) is 1. The second kappa shape index (κ2) is 4.22. The number of hydrogen-bond donors (Lipinski definition) is 1. The molecule has 1 saturated carbocycles. The van der Waals surface area contributed by atoms with Crippen molar-refractivity contribution >= 4 is 0 Å². The Balaban J connectivity index is 1.64. The zero-order valence-corrected chi connectivity index (χ0v) is 12.4. The van der Waals surface area contributed by atoms with Gasteiger partial charge in [0.15, 0.2) is 0 Å². The minimum Gasteiger partial charge on any atom is -0.485 e. The molecule has 2 fully saturated rings. The van der Waals surface area contributed by atoms with Gasteiger partial charge in [-0.3, -0.25) is 4.90 Å². The number of nitrogens with zero attached hydrogens (tertiary/aromatic N) is 1. The van der Waals surface area contributed by atoms with E-state index in [1.807, 2.05) is 0 Å². The summed E-state index contributed by atoms with van der Waals surface area (Å²) in [6.07, 6.45) is 4.80. The molecular formula is C17H24N2O. The van der Waals surface area contributed by atoms with E-state index in [0.717, 1.165) is 31.2 Å². The van der Waals surface area contributed by atoms with Crippen LogP contribution in [0.1, 0.15) is 49.8 Å². The van der Waals surface area contributed by atoms with E-state index in [-0.39, 0.29) is 11.6 Å². The average Bonchev–Trinajstić information content (AvgIpc) is 3.17. The standard InChI is InChI=1S/C17H24N2O/c1-11-3-6-16-14(7-11)15(18)9-17(20-16)8-12(2)19(10-17)13-4-5-13/h3,6-7,12-13,15H,4-5,8-10,18H2,1-2H3. The van der Waals surface area contributed by atoms with Crippen LogP contribution in [0, 0.1) is 6.92 Å². The van der Waals surface area contributed by atoms with E-state index in [1.165, 1.54) is 24.0 Å². The van der Waals surface area contributed by atoms with Crippen molar-refractivity contribution in [2.24, 2.45) is 5.73 Å². The number of nitrogens with two attached hydrogens (primary N) is 1. The van der Waals surface area contributed by atoms with Gasteiger partial charge in [0.25, 0.3) is 0 Å². The van der Waals surface area contributed by atoms with E-state index in [9.17, 15) is 0 Å². The molecule has 1 aromatic rings. The fourth-order valence-electron chi connectivity index (χ4n) is 4.16. The van der Waals surface area contributed by atoms with Gasteiger partial charge in [-0.25, -0.2) is 0 Å². The molecule has 3 unspecified atom stereocenters. The highest BCUT2D eigenvalue weighted by molar-refractivity contribution is 5.42. The highest BCUT2D eigenvalue weighted by Crippen LogP contribution is 2.47. The number of hydrogen-bond acceptors (Lipinski definition) is 3. The normalized spacial score (nSPS) is 37.0. The molecule has 0 radical (unpaired) electrons. The highest BCUT2D eigenvalue weighted by Gasteiger charge is 2.51. The monoisotopic (exact) mass is 272 g/mol. The van der Waals surface area contributed by atoms with Crippen molar-refractivity contribution in [1.82, 2.24) is 4.90 Å². The van der Waals surface area contributed by atoms with Crippen LogP contribution in [0.15, 0.2) is 18.2 Å². The number of ether oxygens (including phenoxy) is 1. The molecule has 1 saturated heterocycles. The third-order valence-electron chi connectivity index (χ3n) is 5.20. The molecule has 0 bridgehead atoms. The topological polar surface area (TPSA) is 38.5 Å². The third-order valence-corrected chi connectivity index (χ3v) is 5.20. The summed E-state index contributed by atoms with van der Waals surface area (Å²) in [5, 5.41) is 0. The lowest BCUT2D eigenvalue weighted by Gasteiger charge is -2.39. The summed E-state index contributed by atoms with van der Waals surface area (Å²) >= 11 is 0. The summed E-state index contributed by atoms with van der Waals surface area (Å²) < 4.78 is 6.46. The summed E-state index contributed by atoms with van der Waals surface area (Å²) in [6.45, 7) is 5.51. The van der Waals surface area contributed by atoms with Gasteiger partial charge in [0.1, 0.15) is 11.4 Å². The molecule has 3 aliphatic rings. The van der Waals surface area contributed by atoms with E-state index in [1.54, 1.807) is 0 Å². The van der Waals surface area contributed by atoms with Crippen LogP contribution in [0.5, 0.6) is 5.75 Å². The molecule has 2 N–H and O–H groups in total. The molecule has 2 heterocycles. The van der Waals surface area contributed by atoms with Gasteiger partial charge >= 0.3 is 0 Å². The molecule has 3 nitrogen and oxygen atoms in total. The van der Waals surface area contributed by atoms with E-state index >= 15 is 0 Å². The van der Waals surface area contributed by atoms with Crippen molar-refractivity contribution in [2.75, 3.05) is 6.54 Å². The fraction of sp³-hybridized carbons (Fsp3) is 0.647. The Kier molecular flexibility index (Phi) is 2.67. The molecule has 4 rings (SSSR count). The summed E-state index contributed by atoms with van der Waals surface area (Å²) in [6, 6.07) is 7.97. The average molecular weight is 272 g/mol. The van der Waals surface area contributed by atoms with Crippen molar-refractivity contribution < 1.29 is 4.74 Å². The molecule has 1 aromatic carbocycles. The van der Waals surface area contributed by atoms with Crippen molar-refractivity contribution in [3.8, 4) is 5.75 Å². The minimum atomic E-state index is -0.0519. The summed E-state index contributed by atoms with van der Waals surface area (Å²) in [4.78, 5) is 2.64. The summed E-state index contributed by atoms with van der Waals surface area (Å²) in [5.74, 6) is 1.01. The number of rotatable bonds is 1.